The van der Waals surface area contributed by atoms with Gasteiger partial charge in [-0.1, -0.05) is 6.92 Å². The number of hydrogen-bond donors (Lipinski definition) is 0. The van der Waals surface area contributed by atoms with Gasteiger partial charge in [-0.3, -0.25) is 9.59 Å². The van der Waals surface area contributed by atoms with Crippen molar-refractivity contribution >= 4 is 17.8 Å². The van der Waals surface area contributed by atoms with Gasteiger partial charge in [0.25, 0.3) is 0 Å². The summed E-state index contributed by atoms with van der Waals surface area (Å²) in [6, 6.07) is 0. The van der Waals surface area contributed by atoms with Crippen molar-refractivity contribution in [3.05, 3.63) is 0 Å². The van der Waals surface area contributed by atoms with Crippen molar-refractivity contribution in [1.82, 2.24) is 9.80 Å². The molecular formula is C14H24N2O4. The van der Waals surface area contributed by atoms with Crippen LogP contribution in [-0.4, -0.2) is 59.4 Å². The first-order valence-corrected chi connectivity index (χ1v) is 7.00. The van der Waals surface area contributed by atoms with E-state index >= 15 is 0 Å². The van der Waals surface area contributed by atoms with Gasteiger partial charge >= 0.3 is 6.09 Å². The second kappa shape index (κ2) is 6.72. The van der Waals surface area contributed by atoms with E-state index in [1.807, 2.05) is 27.7 Å². The van der Waals surface area contributed by atoms with Crippen LogP contribution in [0.4, 0.5) is 4.79 Å². The van der Waals surface area contributed by atoms with Crippen molar-refractivity contribution in [3.8, 4) is 0 Å². The van der Waals surface area contributed by atoms with Crippen molar-refractivity contribution < 1.29 is 19.1 Å². The van der Waals surface area contributed by atoms with Crippen LogP contribution in [0, 0.1) is 0 Å². The maximum atomic E-state index is 12.0. The highest BCUT2D eigenvalue weighted by atomic mass is 16.6. The molecule has 1 heterocycles. The maximum Gasteiger partial charge on any atom is 0.410 e. The van der Waals surface area contributed by atoms with E-state index in [1.54, 1.807) is 4.90 Å². The van der Waals surface area contributed by atoms with Crippen LogP contribution in [0.5, 0.6) is 0 Å². The minimum absolute atomic E-state index is 0.0137. The Hall–Kier alpha value is -1.59. The summed E-state index contributed by atoms with van der Waals surface area (Å²) >= 11 is 0. The molecule has 2 amide bonds. The van der Waals surface area contributed by atoms with E-state index in [-0.39, 0.29) is 30.7 Å². The Morgan fingerprint density at radius 2 is 1.95 bits per heavy atom. The first-order chi connectivity index (χ1) is 9.23. The molecule has 6 nitrogen and oxygen atoms in total. The summed E-state index contributed by atoms with van der Waals surface area (Å²) in [5, 5.41) is 0. The number of nitrogens with zero attached hydrogens (tertiary/aromatic N) is 2. The van der Waals surface area contributed by atoms with Crippen LogP contribution >= 0.6 is 0 Å². The number of ether oxygens (including phenoxy) is 1. The van der Waals surface area contributed by atoms with Crippen LogP contribution in [0.1, 0.15) is 40.5 Å². The predicted molar refractivity (Wildman–Crippen MR) is 74.3 cm³/mol. The van der Waals surface area contributed by atoms with Crippen LogP contribution < -0.4 is 0 Å². The largest absolute Gasteiger partial charge is 0.444 e. The number of amides is 2. The molecule has 0 aromatic heterocycles. The molecule has 0 aliphatic carbocycles. The molecule has 20 heavy (non-hydrogen) atoms. The molecule has 0 radical (unpaired) electrons. The lowest BCUT2D eigenvalue weighted by Gasteiger charge is -2.28. The summed E-state index contributed by atoms with van der Waals surface area (Å²) < 4.78 is 5.33. The smallest absolute Gasteiger partial charge is 0.410 e. The first-order valence-electron chi connectivity index (χ1n) is 7.00. The van der Waals surface area contributed by atoms with Gasteiger partial charge in [-0.25, -0.2) is 4.79 Å². The van der Waals surface area contributed by atoms with E-state index in [9.17, 15) is 14.4 Å². The number of Topliss-reactive ketones (excluding diaryl/α,β-unsaturated/α-hetero) is 1. The topological polar surface area (TPSA) is 66.9 Å². The van der Waals surface area contributed by atoms with E-state index in [4.69, 9.17) is 4.74 Å². The van der Waals surface area contributed by atoms with Gasteiger partial charge in [-0.2, -0.15) is 0 Å². The molecular weight excluding hydrogens is 260 g/mol. The standard InChI is InChI=1S/C14H24N2O4/c1-5-6-15(13(19)20-14(2,3)4)7-8-16-10-11(17)9-12(16)18/h5-10H2,1-4H3. The quantitative estimate of drug-likeness (QED) is 0.716. The average Bonchev–Trinajstić information content (AvgIpc) is 2.60. The maximum absolute atomic E-state index is 12.0. The summed E-state index contributed by atoms with van der Waals surface area (Å²) in [6.07, 6.45) is 0.420. The molecule has 0 bridgehead atoms. The molecule has 6 heteroatoms. The summed E-state index contributed by atoms with van der Waals surface area (Å²) in [7, 11) is 0. The highest BCUT2D eigenvalue weighted by Crippen LogP contribution is 2.11. The zero-order chi connectivity index (χ0) is 15.3. The number of hydrogen-bond acceptors (Lipinski definition) is 4. The summed E-state index contributed by atoms with van der Waals surface area (Å²) in [6.45, 7) is 8.93. The van der Waals surface area contributed by atoms with Gasteiger partial charge in [0.2, 0.25) is 5.91 Å². The van der Waals surface area contributed by atoms with Crippen molar-refractivity contribution in [3.63, 3.8) is 0 Å². The third kappa shape index (κ3) is 5.19. The van der Waals surface area contributed by atoms with E-state index in [2.05, 4.69) is 0 Å². The summed E-state index contributed by atoms with van der Waals surface area (Å²) in [5.74, 6) is -0.218. The third-order valence-corrected chi connectivity index (χ3v) is 2.85. The van der Waals surface area contributed by atoms with Crippen molar-refractivity contribution in [2.45, 2.75) is 46.1 Å². The Balaban J connectivity index is 2.52. The number of likely N-dealkylation sites (tertiary alicyclic amines) is 1. The minimum Gasteiger partial charge on any atom is -0.444 e. The number of carbonyl (C=O) groups is 3. The number of carbonyl (C=O) groups excluding carboxylic acids is 3. The second-order valence-corrected chi connectivity index (χ2v) is 6.00. The van der Waals surface area contributed by atoms with Gasteiger partial charge in [0, 0.05) is 19.6 Å². The highest BCUT2D eigenvalue weighted by molar-refractivity contribution is 6.05. The molecule has 1 saturated heterocycles. The molecule has 0 unspecified atom stereocenters. The zero-order valence-corrected chi connectivity index (χ0v) is 12.8. The van der Waals surface area contributed by atoms with Crippen LogP contribution in [0.2, 0.25) is 0 Å². The molecule has 114 valence electrons. The molecule has 1 fully saturated rings. The fraction of sp³-hybridized carbons (Fsp3) is 0.786. The molecule has 0 atom stereocenters. The lowest BCUT2D eigenvalue weighted by Crippen LogP contribution is -2.42. The molecule has 1 aliphatic heterocycles. The molecule has 1 aliphatic rings. The highest BCUT2D eigenvalue weighted by Gasteiger charge is 2.28. The summed E-state index contributed by atoms with van der Waals surface area (Å²) in [5.41, 5.74) is -0.539. The lowest BCUT2D eigenvalue weighted by atomic mass is 10.2. The number of rotatable bonds is 5. The fourth-order valence-corrected chi connectivity index (χ4v) is 1.97. The Bertz CT molecular complexity index is 387. The van der Waals surface area contributed by atoms with Gasteiger partial charge in [0.1, 0.15) is 5.60 Å². The number of ketones is 1. The molecule has 1 rings (SSSR count). The normalized spacial score (nSPS) is 15.7. The van der Waals surface area contributed by atoms with Crippen molar-refractivity contribution in [2.75, 3.05) is 26.2 Å². The molecule has 0 aromatic rings. The van der Waals surface area contributed by atoms with Crippen LogP contribution in [0.15, 0.2) is 0 Å². The predicted octanol–water partition coefficient (Wildman–Crippen LogP) is 1.43. The van der Waals surface area contributed by atoms with E-state index in [0.29, 0.717) is 19.6 Å². The Morgan fingerprint density at radius 3 is 2.40 bits per heavy atom. The van der Waals surface area contributed by atoms with Crippen LogP contribution in [0.25, 0.3) is 0 Å². The third-order valence-electron chi connectivity index (χ3n) is 2.85. The Kier molecular flexibility index (Phi) is 5.53. The second-order valence-electron chi connectivity index (χ2n) is 6.00. The molecule has 0 spiro atoms. The Morgan fingerprint density at radius 1 is 1.30 bits per heavy atom. The van der Waals surface area contributed by atoms with E-state index in [0.717, 1.165) is 6.42 Å². The summed E-state index contributed by atoms with van der Waals surface area (Å²) in [4.78, 5) is 37.8. The van der Waals surface area contributed by atoms with E-state index < -0.39 is 5.60 Å². The van der Waals surface area contributed by atoms with Gasteiger partial charge in [-0.15, -0.1) is 0 Å². The van der Waals surface area contributed by atoms with Gasteiger partial charge in [-0.05, 0) is 27.2 Å². The van der Waals surface area contributed by atoms with Gasteiger partial charge < -0.3 is 14.5 Å². The molecule has 0 aromatic carbocycles. The van der Waals surface area contributed by atoms with Crippen molar-refractivity contribution in [1.29, 1.82) is 0 Å². The van der Waals surface area contributed by atoms with Gasteiger partial charge in [0.05, 0.1) is 13.0 Å². The molecule has 0 N–H and O–H groups in total. The van der Waals surface area contributed by atoms with Crippen LogP contribution in [0.3, 0.4) is 0 Å². The van der Waals surface area contributed by atoms with Crippen molar-refractivity contribution in [2.24, 2.45) is 0 Å². The fourth-order valence-electron chi connectivity index (χ4n) is 1.97. The van der Waals surface area contributed by atoms with E-state index in [1.165, 1.54) is 4.90 Å². The SMILES string of the molecule is CCCN(CCN1CC(=O)CC1=O)C(=O)OC(C)(C)C. The monoisotopic (exact) mass is 284 g/mol. The minimum atomic E-state index is -0.539. The Labute approximate surface area is 120 Å². The first kappa shape index (κ1) is 16.5. The average molecular weight is 284 g/mol. The van der Waals surface area contributed by atoms with Gasteiger partial charge in [0.15, 0.2) is 5.78 Å². The van der Waals surface area contributed by atoms with Crippen LogP contribution in [-0.2, 0) is 14.3 Å². The lowest BCUT2D eigenvalue weighted by molar-refractivity contribution is -0.128. The zero-order valence-electron chi connectivity index (χ0n) is 12.8. The molecule has 0 saturated carbocycles.